The van der Waals surface area contributed by atoms with Gasteiger partial charge in [-0.1, -0.05) is 37.0 Å². The molecule has 1 aromatic carbocycles. The van der Waals surface area contributed by atoms with Crippen molar-refractivity contribution in [3.05, 3.63) is 41.6 Å². The van der Waals surface area contributed by atoms with E-state index >= 15 is 0 Å². The third-order valence-corrected chi connectivity index (χ3v) is 4.07. The number of halogens is 3. The maximum Gasteiger partial charge on any atom is 0.309 e. The first-order valence-corrected chi connectivity index (χ1v) is 7.76. The lowest BCUT2D eigenvalue weighted by Gasteiger charge is -2.10. The second kappa shape index (κ2) is 5.99. The fourth-order valence-electron chi connectivity index (χ4n) is 2.00. The summed E-state index contributed by atoms with van der Waals surface area (Å²) in [6.45, 7) is 3.94. The normalized spacial score (nSPS) is 11.3. The standard InChI is InChI=1S/C13H11Cl2IN2O2/c1-6(2)3-10-13(18(19)20)11(15)8-4-7(16)5-9(14)12(8)17-10/h4-6H,3H2,1-2H3. The minimum atomic E-state index is -0.472. The van der Waals surface area contributed by atoms with Crippen LogP contribution in [0.3, 0.4) is 0 Å². The first kappa shape index (κ1) is 15.7. The Morgan fingerprint density at radius 3 is 2.60 bits per heavy atom. The van der Waals surface area contributed by atoms with Gasteiger partial charge in [-0.15, -0.1) is 0 Å². The molecule has 0 saturated carbocycles. The number of hydrogen-bond donors (Lipinski definition) is 0. The Kier molecular flexibility index (Phi) is 4.71. The molecule has 2 aromatic rings. The zero-order valence-corrected chi connectivity index (χ0v) is 14.5. The maximum atomic E-state index is 11.3. The summed E-state index contributed by atoms with van der Waals surface area (Å²) < 4.78 is 0.856. The van der Waals surface area contributed by atoms with Crippen LogP contribution in [0.15, 0.2) is 12.1 Å². The van der Waals surface area contributed by atoms with Crippen molar-refractivity contribution in [2.45, 2.75) is 20.3 Å². The minimum Gasteiger partial charge on any atom is -0.258 e. The minimum absolute atomic E-state index is 0.107. The molecule has 0 bridgehead atoms. The summed E-state index contributed by atoms with van der Waals surface area (Å²) in [5.74, 6) is 0.234. The average molecular weight is 425 g/mol. The van der Waals surface area contributed by atoms with Crippen molar-refractivity contribution in [2.75, 3.05) is 0 Å². The molecule has 0 amide bonds. The van der Waals surface area contributed by atoms with E-state index in [9.17, 15) is 10.1 Å². The number of aromatic nitrogens is 1. The van der Waals surface area contributed by atoms with Gasteiger partial charge in [-0.3, -0.25) is 10.1 Å². The summed E-state index contributed by atoms with van der Waals surface area (Å²) in [4.78, 5) is 15.2. The molecule has 0 radical (unpaired) electrons. The van der Waals surface area contributed by atoms with E-state index in [2.05, 4.69) is 27.6 Å². The van der Waals surface area contributed by atoms with Crippen LogP contribution in [0.1, 0.15) is 19.5 Å². The Labute approximate surface area is 139 Å². The van der Waals surface area contributed by atoms with Crippen LogP contribution in [0, 0.1) is 19.6 Å². The van der Waals surface area contributed by atoms with Gasteiger partial charge in [0.25, 0.3) is 0 Å². The van der Waals surface area contributed by atoms with E-state index < -0.39 is 4.92 Å². The third-order valence-electron chi connectivity index (χ3n) is 2.78. The van der Waals surface area contributed by atoms with E-state index in [1.807, 2.05) is 13.8 Å². The number of nitrogens with zero attached hydrogens (tertiary/aromatic N) is 2. The van der Waals surface area contributed by atoms with Crippen LogP contribution in [0.4, 0.5) is 5.69 Å². The van der Waals surface area contributed by atoms with Crippen molar-refractivity contribution >= 4 is 62.4 Å². The number of fused-ring (bicyclic) bond motifs is 1. The van der Waals surface area contributed by atoms with Gasteiger partial charge in [0, 0.05) is 8.96 Å². The van der Waals surface area contributed by atoms with Crippen LogP contribution in [-0.2, 0) is 6.42 Å². The van der Waals surface area contributed by atoms with Gasteiger partial charge in [-0.05, 0) is 47.1 Å². The highest BCUT2D eigenvalue weighted by atomic mass is 127. The second-order valence-corrected chi connectivity index (χ2v) is 6.89. The molecule has 2 rings (SSSR count). The summed E-state index contributed by atoms with van der Waals surface area (Å²) in [6, 6.07) is 3.52. The summed E-state index contributed by atoms with van der Waals surface area (Å²) in [6.07, 6.45) is 0.480. The Morgan fingerprint density at radius 2 is 2.05 bits per heavy atom. The quantitative estimate of drug-likeness (QED) is 0.384. The van der Waals surface area contributed by atoms with Crippen molar-refractivity contribution in [2.24, 2.45) is 5.92 Å². The number of nitro groups is 1. The molecular weight excluding hydrogens is 414 g/mol. The highest BCUT2D eigenvalue weighted by Gasteiger charge is 2.25. The van der Waals surface area contributed by atoms with E-state index in [4.69, 9.17) is 23.2 Å². The van der Waals surface area contributed by atoms with Gasteiger partial charge >= 0.3 is 5.69 Å². The smallest absolute Gasteiger partial charge is 0.258 e. The third kappa shape index (κ3) is 2.99. The van der Waals surface area contributed by atoms with Crippen molar-refractivity contribution in [3.63, 3.8) is 0 Å². The van der Waals surface area contributed by atoms with E-state index in [0.717, 1.165) is 3.57 Å². The Bertz CT molecular complexity index is 705. The maximum absolute atomic E-state index is 11.3. The summed E-state index contributed by atoms with van der Waals surface area (Å²) in [7, 11) is 0. The molecule has 0 spiro atoms. The Morgan fingerprint density at radius 1 is 1.40 bits per heavy atom. The molecule has 1 aromatic heterocycles. The predicted molar refractivity (Wildman–Crippen MR) is 89.7 cm³/mol. The molecule has 0 saturated heterocycles. The van der Waals surface area contributed by atoms with E-state index in [-0.39, 0.29) is 16.6 Å². The lowest BCUT2D eigenvalue weighted by atomic mass is 10.0. The molecule has 0 N–H and O–H groups in total. The zero-order chi connectivity index (χ0) is 15.0. The molecule has 0 fully saturated rings. The molecule has 0 unspecified atom stereocenters. The van der Waals surface area contributed by atoms with Crippen LogP contribution in [0.2, 0.25) is 10.0 Å². The van der Waals surface area contributed by atoms with Crippen molar-refractivity contribution < 1.29 is 4.92 Å². The van der Waals surface area contributed by atoms with Gasteiger partial charge in [-0.2, -0.15) is 0 Å². The van der Waals surface area contributed by atoms with Crippen LogP contribution in [-0.4, -0.2) is 9.91 Å². The predicted octanol–water partition coefficient (Wildman–Crippen LogP) is 5.25. The number of benzene rings is 1. The molecule has 4 nitrogen and oxygen atoms in total. The van der Waals surface area contributed by atoms with Gasteiger partial charge in [0.1, 0.15) is 10.7 Å². The lowest BCUT2D eigenvalue weighted by Crippen LogP contribution is -2.04. The molecule has 0 aliphatic rings. The average Bonchev–Trinajstić information content (AvgIpc) is 2.29. The van der Waals surface area contributed by atoms with Crippen LogP contribution in [0.5, 0.6) is 0 Å². The first-order valence-electron chi connectivity index (χ1n) is 5.92. The summed E-state index contributed by atoms with van der Waals surface area (Å²) in [5, 5.41) is 12.4. The number of pyridine rings is 1. The van der Waals surface area contributed by atoms with E-state index in [1.54, 1.807) is 12.1 Å². The number of rotatable bonds is 3. The molecule has 20 heavy (non-hydrogen) atoms. The van der Waals surface area contributed by atoms with Crippen molar-refractivity contribution in [1.82, 2.24) is 4.98 Å². The number of hydrogen-bond acceptors (Lipinski definition) is 3. The molecule has 1 heterocycles. The monoisotopic (exact) mass is 424 g/mol. The van der Waals surface area contributed by atoms with Crippen LogP contribution >= 0.6 is 45.8 Å². The highest BCUT2D eigenvalue weighted by molar-refractivity contribution is 14.1. The van der Waals surface area contributed by atoms with E-state index in [1.165, 1.54) is 0 Å². The topological polar surface area (TPSA) is 56.0 Å². The zero-order valence-electron chi connectivity index (χ0n) is 10.8. The summed E-state index contributed by atoms with van der Waals surface area (Å²) in [5.41, 5.74) is 0.773. The molecule has 0 aliphatic heterocycles. The Balaban J connectivity index is 2.85. The van der Waals surface area contributed by atoms with Crippen molar-refractivity contribution in [3.8, 4) is 0 Å². The fraction of sp³-hybridized carbons (Fsp3) is 0.308. The van der Waals surface area contributed by atoms with Gasteiger partial charge < -0.3 is 0 Å². The second-order valence-electron chi connectivity index (χ2n) is 4.86. The van der Waals surface area contributed by atoms with Crippen LogP contribution in [0.25, 0.3) is 10.9 Å². The lowest BCUT2D eigenvalue weighted by molar-refractivity contribution is -0.385. The molecule has 0 atom stereocenters. The molecular formula is C13H11Cl2IN2O2. The Hall–Kier alpha value is -0.660. The molecule has 0 aliphatic carbocycles. The van der Waals surface area contributed by atoms with Gasteiger partial charge in [0.15, 0.2) is 0 Å². The fourth-order valence-corrected chi connectivity index (χ4v) is 3.39. The molecule has 7 heteroatoms. The first-order chi connectivity index (χ1) is 9.31. The largest absolute Gasteiger partial charge is 0.309 e. The molecule has 106 valence electrons. The summed E-state index contributed by atoms with van der Waals surface area (Å²) >= 11 is 14.5. The van der Waals surface area contributed by atoms with Crippen molar-refractivity contribution in [1.29, 1.82) is 0 Å². The van der Waals surface area contributed by atoms with Gasteiger partial charge in [-0.25, -0.2) is 4.98 Å². The van der Waals surface area contributed by atoms with Gasteiger partial charge in [0.05, 0.1) is 15.5 Å². The van der Waals surface area contributed by atoms with E-state index in [0.29, 0.717) is 28.0 Å². The van der Waals surface area contributed by atoms with Gasteiger partial charge in [0.2, 0.25) is 0 Å². The highest BCUT2D eigenvalue weighted by Crippen LogP contribution is 2.38. The SMILES string of the molecule is CC(C)Cc1nc2c(Cl)cc(I)cc2c(Cl)c1[N+](=O)[O-]. The van der Waals surface area contributed by atoms with Crippen LogP contribution < -0.4 is 0 Å².